The standard InChI is InChI=1S/C21H29NO2.C8H10O2/c1-20(2,3)16-8-6-7-15(13-16)19(23)24-17-9-10-21(4)11-12-22(5)18(21)14-17;1-9-7-5-3-4-6-8(7)10-2/h6-8,13-14,18H,9-12H2,1-5H3;3-6H,1-2H3/t18?,21-;/m0./s1. The molecule has 5 heteroatoms. The third-order valence-corrected chi connectivity index (χ3v) is 6.99. The van der Waals surface area contributed by atoms with E-state index in [1.807, 2.05) is 42.5 Å². The molecule has 4 rings (SSSR count). The van der Waals surface area contributed by atoms with Gasteiger partial charge in [0.05, 0.1) is 19.8 Å². The molecule has 1 aliphatic heterocycles. The monoisotopic (exact) mass is 465 g/mol. The van der Waals surface area contributed by atoms with Crippen molar-refractivity contribution in [1.82, 2.24) is 4.90 Å². The largest absolute Gasteiger partial charge is 0.493 e. The first-order valence-corrected chi connectivity index (χ1v) is 12.0. The summed E-state index contributed by atoms with van der Waals surface area (Å²) in [4.78, 5) is 14.9. The Hall–Kier alpha value is -2.79. The van der Waals surface area contributed by atoms with Gasteiger partial charge in [-0.25, -0.2) is 4.79 Å². The van der Waals surface area contributed by atoms with Crippen LogP contribution in [-0.2, 0) is 10.2 Å². The predicted octanol–water partition coefficient (Wildman–Crippen LogP) is 6.23. The maximum absolute atomic E-state index is 12.6. The number of carbonyl (C=O) groups excluding carboxylic acids is 1. The van der Waals surface area contributed by atoms with E-state index < -0.39 is 0 Å². The summed E-state index contributed by atoms with van der Waals surface area (Å²) < 4.78 is 15.8. The van der Waals surface area contributed by atoms with Crippen LogP contribution in [0.2, 0.25) is 0 Å². The lowest BCUT2D eigenvalue weighted by Gasteiger charge is -2.36. The van der Waals surface area contributed by atoms with Gasteiger partial charge in [-0.05, 0) is 73.2 Å². The summed E-state index contributed by atoms with van der Waals surface area (Å²) in [6, 6.07) is 15.7. The average molecular weight is 466 g/mol. The van der Waals surface area contributed by atoms with E-state index in [1.165, 1.54) is 6.42 Å². The van der Waals surface area contributed by atoms with E-state index in [0.717, 1.165) is 42.2 Å². The zero-order chi connectivity index (χ0) is 24.9. The van der Waals surface area contributed by atoms with E-state index in [9.17, 15) is 4.79 Å². The highest BCUT2D eigenvalue weighted by Crippen LogP contribution is 2.45. The Morgan fingerprint density at radius 3 is 2.24 bits per heavy atom. The van der Waals surface area contributed by atoms with Gasteiger partial charge in [0, 0.05) is 12.5 Å². The van der Waals surface area contributed by atoms with Crippen LogP contribution in [-0.4, -0.2) is 44.7 Å². The number of likely N-dealkylation sites (tertiary alicyclic amines) is 1. The molecule has 184 valence electrons. The molecule has 0 aromatic heterocycles. The lowest BCUT2D eigenvalue weighted by atomic mass is 9.75. The minimum atomic E-state index is -0.239. The molecule has 0 radical (unpaired) electrons. The fourth-order valence-electron chi connectivity index (χ4n) is 4.68. The maximum Gasteiger partial charge on any atom is 0.343 e. The molecule has 1 saturated heterocycles. The molecule has 1 fully saturated rings. The summed E-state index contributed by atoms with van der Waals surface area (Å²) >= 11 is 0. The number of benzene rings is 2. The minimum Gasteiger partial charge on any atom is -0.493 e. The smallest absolute Gasteiger partial charge is 0.343 e. The van der Waals surface area contributed by atoms with Gasteiger partial charge in [-0.1, -0.05) is 52.0 Å². The molecule has 0 N–H and O–H groups in total. The van der Waals surface area contributed by atoms with Crippen LogP contribution < -0.4 is 9.47 Å². The molecular formula is C29H39NO4. The predicted molar refractivity (Wildman–Crippen MR) is 137 cm³/mol. The molecule has 2 aromatic carbocycles. The van der Waals surface area contributed by atoms with Gasteiger partial charge < -0.3 is 14.2 Å². The van der Waals surface area contributed by atoms with Crippen LogP contribution in [0.3, 0.4) is 0 Å². The van der Waals surface area contributed by atoms with Crippen molar-refractivity contribution in [2.75, 3.05) is 27.8 Å². The van der Waals surface area contributed by atoms with Crippen LogP contribution >= 0.6 is 0 Å². The van der Waals surface area contributed by atoms with E-state index in [1.54, 1.807) is 14.2 Å². The van der Waals surface area contributed by atoms with Crippen molar-refractivity contribution >= 4 is 5.97 Å². The Labute approximate surface area is 204 Å². The molecule has 0 bridgehead atoms. The van der Waals surface area contributed by atoms with Crippen LogP contribution in [0.25, 0.3) is 0 Å². The third-order valence-electron chi connectivity index (χ3n) is 6.99. The lowest BCUT2D eigenvalue weighted by molar-refractivity contribution is 0.0582. The van der Waals surface area contributed by atoms with Gasteiger partial charge in [0.15, 0.2) is 11.5 Å². The van der Waals surface area contributed by atoms with E-state index in [0.29, 0.717) is 17.0 Å². The van der Waals surface area contributed by atoms with Crippen molar-refractivity contribution < 1.29 is 19.0 Å². The lowest BCUT2D eigenvalue weighted by Crippen LogP contribution is -2.37. The Kier molecular flexibility index (Phi) is 8.09. The quantitative estimate of drug-likeness (QED) is 0.501. The van der Waals surface area contributed by atoms with Gasteiger partial charge in [-0.2, -0.15) is 0 Å². The SMILES string of the molecule is CN1CC[C@]2(C)CCC(OC(=O)c3cccc(C(C)(C)C)c3)=CC12.COc1ccccc1OC. The first kappa shape index (κ1) is 25.8. The first-order valence-electron chi connectivity index (χ1n) is 12.0. The molecule has 5 nitrogen and oxygen atoms in total. The number of allylic oxidation sites excluding steroid dienone is 1. The second-order valence-corrected chi connectivity index (χ2v) is 10.5. The molecule has 1 unspecified atom stereocenters. The van der Waals surface area contributed by atoms with Gasteiger partial charge in [0.2, 0.25) is 0 Å². The molecule has 2 atom stereocenters. The van der Waals surface area contributed by atoms with Crippen molar-refractivity contribution in [2.45, 2.75) is 58.4 Å². The topological polar surface area (TPSA) is 48.0 Å². The summed E-state index contributed by atoms with van der Waals surface area (Å²) in [5.74, 6) is 2.13. The number of rotatable bonds is 4. The number of fused-ring (bicyclic) bond motifs is 1. The zero-order valence-electron chi connectivity index (χ0n) is 21.7. The highest BCUT2D eigenvalue weighted by atomic mass is 16.5. The average Bonchev–Trinajstić information content (AvgIpc) is 3.13. The summed E-state index contributed by atoms with van der Waals surface area (Å²) in [5, 5.41) is 0. The first-order chi connectivity index (χ1) is 16.1. The number of para-hydroxylation sites is 2. The number of carbonyl (C=O) groups is 1. The molecule has 0 amide bonds. The van der Waals surface area contributed by atoms with Gasteiger partial charge >= 0.3 is 5.97 Å². The van der Waals surface area contributed by atoms with E-state index in [4.69, 9.17) is 14.2 Å². The summed E-state index contributed by atoms with van der Waals surface area (Å²) in [7, 11) is 5.40. The number of hydrogen-bond acceptors (Lipinski definition) is 5. The Morgan fingerprint density at radius 2 is 1.65 bits per heavy atom. The Bertz CT molecular complexity index is 1000. The van der Waals surface area contributed by atoms with Gasteiger partial charge in [-0.15, -0.1) is 0 Å². The number of nitrogens with zero attached hydrogens (tertiary/aromatic N) is 1. The number of ether oxygens (including phenoxy) is 3. The summed E-state index contributed by atoms with van der Waals surface area (Å²) in [5.41, 5.74) is 2.14. The minimum absolute atomic E-state index is 0.0226. The second kappa shape index (κ2) is 10.6. The second-order valence-electron chi connectivity index (χ2n) is 10.5. The highest BCUT2D eigenvalue weighted by molar-refractivity contribution is 5.90. The van der Waals surface area contributed by atoms with Crippen LogP contribution in [0.15, 0.2) is 60.4 Å². The number of methoxy groups -OCH3 is 2. The number of esters is 1. The summed E-state index contributed by atoms with van der Waals surface area (Å²) in [6.07, 6.45) is 5.33. The fraction of sp³-hybridized carbons (Fsp3) is 0.483. The molecule has 0 spiro atoms. The van der Waals surface area contributed by atoms with Crippen molar-refractivity contribution in [1.29, 1.82) is 0 Å². The van der Waals surface area contributed by atoms with E-state index >= 15 is 0 Å². The molecule has 1 aliphatic carbocycles. The van der Waals surface area contributed by atoms with Gasteiger partial charge in [0.25, 0.3) is 0 Å². The van der Waals surface area contributed by atoms with Crippen LogP contribution in [0.5, 0.6) is 11.5 Å². The van der Waals surface area contributed by atoms with E-state index in [2.05, 4.69) is 51.8 Å². The van der Waals surface area contributed by atoms with Crippen LogP contribution in [0.1, 0.15) is 62.9 Å². The maximum atomic E-state index is 12.6. The fourth-order valence-corrected chi connectivity index (χ4v) is 4.68. The van der Waals surface area contributed by atoms with Gasteiger partial charge in [0.1, 0.15) is 5.76 Å². The molecular weight excluding hydrogens is 426 g/mol. The van der Waals surface area contributed by atoms with Crippen LogP contribution in [0.4, 0.5) is 0 Å². The summed E-state index contributed by atoms with van der Waals surface area (Å²) in [6.45, 7) is 9.92. The van der Waals surface area contributed by atoms with Crippen molar-refractivity contribution in [3.8, 4) is 11.5 Å². The molecule has 34 heavy (non-hydrogen) atoms. The normalized spacial score (nSPS) is 22.1. The van der Waals surface area contributed by atoms with Crippen LogP contribution in [0, 0.1) is 5.41 Å². The molecule has 2 aromatic rings. The van der Waals surface area contributed by atoms with Gasteiger partial charge in [-0.3, -0.25) is 4.90 Å². The molecule has 1 heterocycles. The third kappa shape index (κ3) is 6.01. The van der Waals surface area contributed by atoms with Crippen molar-refractivity contribution in [2.24, 2.45) is 5.41 Å². The highest BCUT2D eigenvalue weighted by Gasteiger charge is 2.43. The zero-order valence-corrected chi connectivity index (χ0v) is 21.7. The number of hydrogen-bond donors (Lipinski definition) is 0. The van der Waals surface area contributed by atoms with Crippen molar-refractivity contribution in [3.63, 3.8) is 0 Å². The Balaban J connectivity index is 0.000000271. The van der Waals surface area contributed by atoms with Crippen molar-refractivity contribution in [3.05, 3.63) is 71.5 Å². The molecule has 0 saturated carbocycles. The molecule has 2 aliphatic rings. The number of likely N-dealkylation sites (N-methyl/N-ethyl adjacent to an activating group) is 1. The van der Waals surface area contributed by atoms with E-state index in [-0.39, 0.29) is 11.4 Å². The Morgan fingerprint density at radius 1 is 1.00 bits per heavy atom.